The van der Waals surface area contributed by atoms with E-state index in [4.69, 9.17) is 0 Å². The number of aryl methyl sites for hydroxylation is 1. The average molecular weight is 276 g/mol. The number of hydrogen-bond acceptors (Lipinski definition) is 0. The van der Waals surface area contributed by atoms with Gasteiger partial charge < -0.3 is 0 Å². The molecule has 1 aliphatic carbocycles. The van der Waals surface area contributed by atoms with E-state index in [1.807, 2.05) is 10.8 Å². The van der Waals surface area contributed by atoms with Crippen molar-refractivity contribution >= 4 is 0 Å². The molecule has 4 heteroatoms. The molecule has 0 atom stereocenters. The van der Waals surface area contributed by atoms with Crippen LogP contribution in [0.25, 0.3) is 11.3 Å². The molecular formula is C16H13F3N+. The maximum Gasteiger partial charge on any atom is 0.217 e. The highest BCUT2D eigenvalue weighted by atomic mass is 19.2. The normalized spacial score (nSPS) is 15.8. The van der Waals surface area contributed by atoms with E-state index >= 15 is 0 Å². The Hall–Kier alpha value is -1.84. The molecule has 0 N–H and O–H groups in total. The van der Waals surface area contributed by atoms with Gasteiger partial charge in [0.1, 0.15) is 0 Å². The van der Waals surface area contributed by atoms with Crippen LogP contribution in [0.15, 0.2) is 18.3 Å². The number of aromatic nitrogens is 1. The highest BCUT2D eigenvalue weighted by molar-refractivity contribution is 5.68. The van der Waals surface area contributed by atoms with Crippen LogP contribution in [0.3, 0.4) is 0 Å². The molecule has 0 spiro atoms. The summed E-state index contributed by atoms with van der Waals surface area (Å²) in [6.45, 7) is 0.279. The van der Waals surface area contributed by atoms with Gasteiger partial charge in [-0.3, -0.25) is 0 Å². The molecule has 102 valence electrons. The average Bonchev–Trinajstić information content (AvgIpc) is 2.84. The maximum atomic E-state index is 13.9. The lowest BCUT2D eigenvalue weighted by molar-refractivity contribution is -0.672. The van der Waals surface area contributed by atoms with Crippen molar-refractivity contribution in [2.75, 3.05) is 0 Å². The van der Waals surface area contributed by atoms with E-state index in [1.165, 1.54) is 11.1 Å². The minimum absolute atomic E-state index is 0.267. The number of hydrogen-bond donors (Lipinski definition) is 0. The Balaban J connectivity index is 2.02. The standard InChI is InChI=1S/C16H13F3N/c17-13-7-11-12(14(18)15(13)19)8-20-6-5-9-3-1-2-4-10(9)16(11)20/h5-7H,1-4,8H2/q+1. The topological polar surface area (TPSA) is 3.88 Å². The molecule has 4 rings (SSSR count). The summed E-state index contributed by atoms with van der Waals surface area (Å²) in [5.74, 6) is -3.53. The van der Waals surface area contributed by atoms with Gasteiger partial charge in [-0.05, 0) is 37.3 Å². The predicted octanol–water partition coefficient (Wildman–Crippen LogP) is 3.30. The number of rotatable bonds is 0. The van der Waals surface area contributed by atoms with E-state index in [0.29, 0.717) is 5.56 Å². The van der Waals surface area contributed by atoms with Crippen molar-refractivity contribution in [2.45, 2.75) is 32.2 Å². The summed E-state index contributed by atoms with van der Waals surface area (Å²) in [5.41, 5.74) is 4.07. The van der Waals surface area contributed by atoms with Gasteiger partial charge in [-0.25, -0.2) is 13.2 Å². The van der Waals surface area contributed by atoms with E-state index in [0.717, 1.165) is 37.4 Å². The maximum absolute atomic E-state index is 13.9. The van der Waals surface area contributed by atoms with Crippen LogP contribution in [0.1, 0.15) is 29.5 Å². The molecule has 0 bridgehead atoms. The van der Waals surface area contributed by atoms with Crippen molar-refractivity contribution < 1.29 is 17.7 Å². The Morgan fingerprint density at radius 3 is 2.60 bits per heavy atom. The molecule has 20 heavy (non-hydrogen) atoms. The first-order valence-electron chi connectivity index (χ1n) is 6.87. The highest BCUT2D eigenvalue weighted by Crippen LogP contribution is 2.36. The van der Waals surface area contributed by atoms with E-state index in [1.54, 1.807) is 0 Å². The molecule has 0 unspecified atom stereocenters. The molecular weight excluding hydrogens is 263 g/mol. The SMILES string of the molecule is Fc1cc2c(c(F)c1F)C[n+]1ccc3c(c1-2)CCCC3. The molecule has 0 radical (unpaired) electrons. The van der Waals surface area contributed by atoms with E-state index in [9.17, 15) is 13.2 Å². The summed E-state index contributed by atoms with van der Waals surface area (Å²) in [4.78, 5) is 0. The van der Waals surface area contributed by atoms with Gasteiger partial charge in [-0.15, -0.1) is 0 Å². The summed E-state index contributed by atoms with van der Waals surface area (Å²) in [7, 11) is 0. The lowest BCUT2D eigenvalue weighted by atomic mass is 9.89. The molecule has 2 aliphatic rings. The second-order valence-electron chi connectivity index (χ2n) is 5.52. The number of fused-ring (bicyclic) bond motifs is 5. The Labute approximate surface area is 114 Å². The zero-order valence-electron chi connectivity index (χ0n) is 10.8. The van der Waals surface area contributed by atoms with Crippen LogP contribution in [0, 0.1) is 17.5 Å². The molecule has 1 aliphatic heterocycles. The zero-order chi connectivity index (χ0) is 13.9. The van der Waals surface area contributed by atoms with Crippen molar-refractivity contribution in [2.24, 2.45) is 0 Å². The lowest BCUT2D eigenvalue weighted by Crippen LogP contribution is -2.34. The first-order chi connectivity index (χ1) is 9.66. The second-order valence-corrected chi connectivity index (χ2v) is 5.52. The van der Waals surface area contributed by atoms with Crippen LogP contribution in [-0.4, -0.2) is 0 Å². The Kier molecular flexibility index (Phi) is 2.43. The van der Waals surface area contributed by atoms with Crippen LogP contribution in [0.2, 0.25) is 0 Å². The van der Waals surface area contributed by atoms with E-state index in [-0.39, 0.29) is 12.1 Å². The molecule has 0 fully saturated rings. The first-order valence-corrected chi connectivity index (χ1v) is 6.87. The van der Waals surface area contributed by atoms with Crippen molar-refractivity contribution in [3.8, 4) is 11.3 Å². The smallest absolute Gasteiger partial charge is 0.204 e. The highest BCUT2D eigenvalue weighted by Gasteiger charge is 2.35. The van der Waals surface area contributed by atoms with Crippen molar-refractivity contribution in [3.63, 3.8) is 0 Å². The monoisotopic (exact) mass is 276 g/mol. The minimum atomic E-state index is -1.37. The molecule has 0 amide bonds. The van der Waals surface area contributed by atoms with E-state index in [2.05, 4.69) is 6.07 Å². The predicted molar refractivity (Wildman–Crippen MR) is 67.7 cm³/mol. The first kappa shape index (κ1) is 11.9. The molecule has 1 nitrogen and oxygen atoms in total. The van der Waals surface area contributed by atoms with Crippen LogP contribution < -0.4 is 4.57 Å². The Morgan fingerprint density at radius 2 is 1.75 bits per heavy atom. The van der Waals surface area contributed by atoms with Gasteiger partial charge in [-0.2, -0.15) is 4.57 Å². The van der Waals surface area contributed by atoms with Gasteiger partial charge >= 0.3 is 0 Å². The summed E-state index contributed by atoms with van der Waals surface area (Å²) in [6.07, 6.45) is 6.06. The number of nitrogens with zero attached hydrogens (tertiary/aromatic N) is 1. The van der Waals surface area contributed by atoms with E-state index < -0.39 is 17.5 Å². The van der Waals surface area contributed by atoms with Gasteiger partial charge in [0.15, 0.2) is 30.2 Å². The molecule has 0 saturated heterocycles. The summed E-state index contributed by atoms with van der Waals surface area (Å²) >= 11 is 0. The fourth-order valence-corrected chi connectivity index (χ4v) is 3.43. The largest absolute Gasteiger partial charge is 0.217 e. The van der Waals surface area contributed by atoms with Gasteiger partial charge in [-0.1, -0.05) is 0 Å². The van der Waals surface area contributed by atoms with Crippen molar-refractivity contribution in [1.82, 2.24) is 0 Å². The quantitative estimate of drug-likeness (QED) is 0.438. The third kappa shape index (κ3) is 1.48. The molecule has 1 aromatic heterocycles. The lowest BCUT2D eigenvalue weighted by Gasteiger charge is -2.15. The number of benzene rings is 1. The third-order valence-corrected chi connectivity index (χ3v) is 4.39. The second kappa shape index (κ2) is 4.08. The molecule has 2 aromatic rings. The van der Waals surface area contributed by atoms with Gasteiger partial charge in [0.2, 0.25) is 5.69 Å². The number of halogens is 3. The van der Waals surface area contributed by atoms with Crippen LogP contribution >= 0.6 is 0 Å². The minimum Gasteiger partial charge on any atom is -0.204 e. The van der Waals surface area contributed by atoms with Gasteiger partial charge in [0.05, 0.1) is 11.1 Å². The Bertz CT molecular complexity index is 737. The molecule has 2 heterocycles. The summed E-state index contributed by atoms with van der Waals surface area (Å²) < 4.78 is 42.8. The fourth-order valence-electron chi connectivity index (χ4n) is 3.43. The van der Waals surface area contributed by atoms with Crippen LogP contribution in [0.4, 0.5) is 13.2 Å². The van der Waals surface area contributed by atoms with Crippen molar-refractivity contribution in [1.29, 1.82) is 0 Å². The molecule has 1 aromatic carbocycles. The van der Waals surface area contributed by atoms with Crippen LogP contribution in [0.5, 0.6) is 0 Å². The molecule has 0 saturated carbocycles. The Morgan fingerprint density at radius 1 is 0.950 bits per heavy atom. The fraction of sp³-hybridized carbons (Fsp3) is 0.312. The summed E-state index contributed by atoms with van der Waals surface area (Å²) in [5, 5.41) is 0. The zero-order valence-corrected chi connectivity index (χ0v) is 10.8. The van der Waals surface area contributed by atoms with Gasteiger partial charge in [0.25, 0.3) is 0 Å². The third-order valence-electron chi connectivity index (χ3n) is 4.39. The van der Waals surface area contributed by atoms with Crippen LogP contribution in [-0.2, 0) is 19.4 Å². The number of pyridine rings is 1. The van der Waals surface area contributed by atoms with Crippen molar-refractivity contribution in [3.05, 3.63) is 52.5 Å². The summed E-state index contributed by atoms with van der Waals surface area (Å²) in [6, 6.07) is 3.19. The van der Waals surface area contributed by atoms with Gasteiger partial charge in [0, 0.05) is 11.6 Å².